The summed E-state index contributed by atoms with van der Waals surface area (Å²) in [6, 6.07) is 0.00338. The fourth-order valence-electron chi connectivity index (χ4n) is 1.95. The van der Waals surface area contributed by atoms with E-state index in [1.54, 1.807) is 17.1 Å². The summed E-state index contributed by atoms with van der Waals surface area (Å²) >= 11 is 5.61. The Morgan fingerprint density at radius 3 is 2.75 bits per heavy atom. The fraction of sp³-hybridized carbons (Fsp3) is 0.308. The van der Waals surface area contributed by atoms with Crippen molar-refractivity contribution in [3.8, 4) is 0 Å². The molecule has 0 aliphatic carbocycles. The first-order chi connectivity index (χ1) is 7.69. The van der Waals surface area contributed by atoms with Gasteiger partial charge >= 0.3 is 0 Å². The zero-order valence-electron chi connectivity index (χ0n) is 9.45. The van der Waals surface area contributed by atoms with Gasteiger partial charge in [-0.05, 0) is 18.9 Å². The van der Waals surface area contributed by atoms with Crippen LogP contribution < -0.4 is 0 Å². The average molecular weight is 238 g/mol. The minimum absolute atomic E-state index is 0.00338. The molecule has 1 rings (SSSR count). The van der Waals surface area contributed by atoms with Gasteiger partial charge in [0.25, 0.3) is 0 Å². The summed E-state index contributed by atoms with van der Waals surface area (Å²) in [5, 5.41) is 0. The topological polar surface area (TPSA) is 20.3 Å². The molecule has 0 aromatic heterocycles. The molecule has 2 nitrogen and oxygen atoms in total. The van der Waals surface area contributed by atoms with Crippen molar-refractivity contribution in [2.45, 2.75) is 19.4 Å². The third-order valence-corrected chi connectivity index (χ3v) is 2.83. The lowest BCUT2D eigenvalue weighted by Gasteiger charge is -2.22. The highest BCUT2D eigenvalue weighted by Gasteiger charge is 2.33. The largest absolute Gasteiger partial charge is 0.304 e. The van der Waals surface area contributed by atoms with E-state index in [0.717, 1.165) is 17.7 Å². The van der Waals surface area contributed by atoms with Gasteiger partial charge in [0.05, 0.1) is 6.04 Å². The van der Waals surface area contributed by atoms with Crippen LogP contribution in [0.5, 0.6) is 0 Å². The highest BCUT2D eigenvalue weighted by molar-refractivity contribution is 6.27. The SMILES string of the molecule is C=C/C=C1/C[C@@H](C=C)N(C(=O)CCl)/C1=C/C. The first-order valence-corrected chi connectivity index (χ1v) is 5.71. The zero-order valence-corrected chi connectivity index (χ0v) is 10.2. The Morgan fingerprint density at radius 1 is 1.62 bits per heavy atom. The number of allylic oxidation sites excluding steroid dienone is 4. The van der Waals surface area contributed by atoms with Crippen molar-refractivity contribution in [2.24, 2.45) is 0 Å². The molecule has 1 aliphatic heterocycles. The van der Waals surface area contributed by atoms with Crippen LogP contribution in [0.4, 0.5) is 0 Å². The third kappa shape index (κ3) is 2.27. The van der Waals surface area contributed by atoms with Crippen LogP contribution in [-0.2, 0) is 4.79 Å². The molecule has 0 aromatic rings. The second kappa shape index (κ2) is 5.71. The molecule has 0 aromatic carbocycles. The van der Waals surface area contributed by atoms with Crippen molar-refractivity contribution in [3.05, 3.63) is 48.7 Å². The number of carbonyl (C=O) groups excluding carboxylic acids is 1. The molecule has 0 bridgehead atoms. The first kappa shape index (κ1) is 12.8. The second-order valence-electron chi connectivity index (χ2n) is 3.51. The Balaban J connectivity index is 3.13. The Morgan fingerprint density at radius 2 is 2.31 bits per heavy atom. The Bertz CT molecular complexity index is 368. The van der Waals surface area contributed by atoms with Crippen LogP contribution in [0.15, 0.2) is 48.7 Å². The molecular formula is C13H16ClNO. The molecule has 1 amide bonds. The number of carbonyl (C=O) groups is 1. The van der Waals surface area contributed by atoms with Crippen LogP contribution in [0, 0.1) is 0 Å². The fourth-order valence-corrected chi connectivity index (χ4v) is 2.08. The van der Waals surface area contributed by atoms with E-state index in [2.05, 4.69) is 13.2 Å². The van der Waals surface area contributed by atoms with Gasteiger partial charge in [-0.3, -0.25) is 4.79 Å². The van der Waals surface area contributed by atoms with Crippen LogP contribution >= 0.6 is 11.6 Å². The van der Waals surface area contributed by atoms with E-state index in [4.69, 9.17) is 11.6 Å². The minimum atomic E-state index is -0.0906. The molecule has 0 radical (unpaired) electrons. The van der Waals surface area contributed by atoms with E-state index in [-0.39, 0.29) is 17.8 Å². The van der Waals surface area contributed by atoms with Gasteiger partial charge in [-0.15, -0.1) is 18.2 Å². The van der Waals surface area contributed by atoms with Crippen LogP contribution in [0.25, 0.3) is 0 Å². The van der Waals surface area contributed by atoms with E-state index >= 15 is 0 Å². The van der Waals surface area contributed by atoms with Gasteiger partial charge in [0.2, 0.25) is 5.91 Å². The summed E-state index contributed by atoms with van der Waals surface area (Å²) in [5.41, 5.74) is 2.01. The number of halogens is 1. The summed E-state index contributed by atoms with van der Waals surface area (Å²) in [7, 11) is 0. The number of alkyl halides is 1. The Labute approximate surface area is 102 Å². The minimum Gasteiger partial charge on any atom is -0.304 e. The number of nitrogens with zero attached hydrogens (tertiary/aromatic N) is 1. The van der Waals surface area contributed by atoms with E-state index in [1.165, 1.54) is 0 Å². The molecule has 1 fully saturated rings. The Hall–Kier alpha value is -1.28. The lowest BCUT2D eigenvalue weighted by molar-refractivity contribution is -0.126. The maximum atomic E-state index is 11.8. The monoisotopic (exact) mass is 237 g/mol. The van der Waals surface area contributed by atoms with Gasteiger partial charge in [0, 0.05) is 5.70 Å². The van der Waals surface area contributed by atoms with Gasteiger partial charge in [-0.25, -0.2) is 0 Å². The average Bonchev–Trinajstić information content (AvgIpc) is 2.66. The van der Waals surface area contributed by atoms with Crippen LogP contribution in [0.2, 0.25) is 0 Å². The molecule has 0 spiro atoms. The second-order valence-corrected chi connectivity index (χ2v) is 3.77. The summed E-state index contributed by atoms with van der Waals surface area (Å²) < 4.78 is 0. The molecule has 86 valence electrons. The van der Waals surface area contributed by atoms with E-state index < -0.39 is 0 Å². The van der Waals surface area contributed by atoms with Crippen molar-refractivity contribution in [1.29, 1.82) is 0 Å². The molecule has 1 heterocycles. The molecule has 1 atom stereocenters. The molecule has 0 unspecified atom stereocenters. The highest BCUT2D eigenvalue weighted by Crippen LogP contribution is 2.33. The third-order valence-electron chi connectivity index (χ3n) is 2.60. The van der Waals surface area contributed by atoms with Crippen molar-refractivity contribution in [3.63, 3.8) is 0 Å². The maximum absolute atomic E-state index is 11.8. The molecule has 0 saturated carbocycles. The van der Waals surface area contributed by atoms with Gasteiger partial charge in [0.1, 0.15) is 5.88 Å². The van der Waals surface area contributed by atoms with Crippen LogP contribution in [0.1, 0.15) is 13.3 Å². The first-order valence-electron chi connectivity index (χ1n) is 5.18. The van der Waals surface area contributed by atoms with Gasteiger partial charge in [-0.2, -0.15) is 0 Å². The molecule has 16 heavy (non-hydrogen) atoms. The highest BCUT2D eigenvalue weighted by atomic mass is 35.5. The predicted octanol–water partition coefficient (Wildman–Crippen LogP) is 3.03. The number of hydrogen-bond donors (Lipinski definition) is 0. The number of likely N-dealkylation sites (tertiary alicyclic amines) is 1. The normalized spacial score (nSPS) is 25.1. The summed E-state index contributed by atoms with van der Waals surface area (Å²) in [6.45, 7) is 9.34. The van der Waals surface area contributed by atoms with Crippen molar-refractivity contribution < 1.29 is 4.79 Å². The summed E-state index contributed by atoms with van der Waals surface area (Å²) in [6.07, 6.45) is 8.12. The van der Waals surface area contributed by atoms with Crippen molar-refractivity contribution >= 4 is 17.5 Å². The van der Waals surface area contributed by atoms with Crippen molar-refractivity contribution in [1.82, 2.24) is 4.90 Å². The molecule has 3 heteroatoms. The molecule has 1 saturated heterocycles. The van der Waals surface area contributed by atoms with Gasteiger partial charge in [0.15, 0.2) is 0 Å². The van der Waals surface area contributed by atoms with Crippen molar-refractivity contribution in [2.75, 3.05) is 5.88 Å². The quantitative estimate of drug-likeness (QED) is 0.546. The number of rotatable bonds is 3. The van der Waals surface area contributed by atoms with Crippen LogP contribution in [0.3, 0.4) is 0 Å². The van der Waals surface area contributed by atoms with E-state index in [0.29, 0.717) is 0 Å². The van der Waals surface area contributed by atoms with E-state index in [9.17, 15) is 4.79 Å². The summed E-state index contributed by atoms with van der Waals surface area (Å²) in [5.74, 6) is -0.101. The zero-order chi connectivity index (χ0) is 12.1. The smallest absolute Gasteiger partial charge is 0.242 e. The number of hydrogen-bond acceptors (Lipinski definition) is 1. The molecule has 0 N–H and O–H groups in total. The van der Waals surface area contributed by atoms with Crippen LogP contribution in [-0.4, -0.2) is 22.7 Å². The number of amides is 1. The van der Waals surface area contributed by atoms with E-state index in [1.807, 2.05) is 19.1 Å². The molecule has 1 aliphatic rings. The summed E-state index contributed by atoms with van der Waals surface area (Å²) in [4.78, 5) is 13.5. The standard InChI is InChI=1S/C13H16ClNO/c1-4-7-10-8-11(5-2)15(12(10)6-3)13(16)9-14/h4-7,11H,1-2,8-9H2,3H3/b10-7-,12-6+/t11-/m1/s1. The lowest BCUT2D eigenvalue weighted by atomic mass is 10.1. The predicted molar refractivity (Wildman–Crippen MR) is 68.2 cm³/mol. The Kier molecular flexibility index (Phi) is 4.56. The maximum Gasteiger partial charge on any atom is 0.242 e. The van der Waals surface area contributed by atoms with Gasteiger partial charge in [-0.1, -0.05) is 30.9 Å². The van der Waals surface area contributed by atoms with Gasteiger partial charge < -0.3 is 4.90 Å². The lowest BCUT2D eigenvalue weighted by Crippen LogP contribution is -2.33. The molecular weight excluding hydrogens is 222 g/mol.